The monoisotopic (exact) mass is 315 g/mol. The number of carbonyl (C=O) groups is 1. The Kier molecular flexibility index (Phi) is 5.85. The van der Waals surface area contributed by atoms with Crippen molar-refractivity contribution < 1.29 is 9.53 Å². The van der Waals surface area contributed by atoms with Gasteiger partial charge in [0.1, 0.15) is 0 Å². The zero-order chi connectivity index (χ0) is 16.1. The minimum atomic E-state index is 0.317. The van der Waals surface area contributed by atoms with Crippen LogP contribution in [0, 0.1) is 12.8 Å². The summed E-state index contributed by atoms with van der Waals surface area (Å²) >= 11 is 0. The van der Waals surface area contributed by atoms with Crippen molar-refractivity contribution in [2.75, 3.05) is 32.8 Å². The van der Waals surface area contributed by atoms with Crippen molar-refractivity contribution in [1.82, 2.24) is 4.90 Å². The number of hydrogen-bond donors (Lipinski definition) is 0. The number of carbonyl (C=O) groups excluding carboxylic acids is 1. The van der Waals surface area contributed by atoms with E-state index in [2.05, 4.69) is 30.0 Å². The quantitative estimate of drug-likeness (QED) is 0.751. The van der Waals surface area contributed by atoms with Gasteiger partial charge in [-0.15, -0.1) is 0 Å². The van der Waals surface area contributed by atoms with Gasteiger partial charge in [-0.25, -0.2) is 0 Å². The third-order valence-corrected chi connectivity index (χ3v) is 5.33. The Morgan fingerprint density at radius 2 is 1.96 bits per heavy atom. The molecular formula is C20H29NO2. The van der Waals surface area contributed by atoms with Gasteiger partial charge in [0.2, 0.25) is 0 Å². The highest BCUT2D eigenvalue weighted by atomic mass is 16.5. The van der Waals surface area contributed by atoms with E-state index in [1.807, 2.05) is 0 Å². The van der Waals surface area contributed by atoms with Gasteiger partial charge < -0.3 is 9.64 Å². The summed E-state index contributed by atoms with van der Waals surface area (Å²) in [5.41, 5.74) is 3.36. The normalized spacial score (nSPS) is 20.0. The zero-order valence-electron chi connectivity index (χ0n) is 14.4. The maximum atomic E-state index is 12.7. The van der Waals surface area contributed by atoms with Crippen LogP contribution >= 0.6 is 0 Å². The van der Waals surface area contributed by atoms with E-state index < -0.39 is 0 Å². The van der Waals surface area contributed by atoms with Crippen LogP contribution in [0.3, 0.4) is 0 Å². The maximum Gasteiger partial charge on any atom is 0.163 e. The Morgan fingerprint density at radius 1 is 1.22 bits per heavy atom. The Hall–Kier alpha value is -1.19. The summed E-state index contributed by atoms with van der Waals surface area (Å²) < 4.78 is 5.39. The lowest BCUT2D eigenvalue weighted by molar-refractivity contribution is 0.0601. The van der Waals surface area contributed by atoms with Crippen LogP contribution in [0.1, 0.15) is 53.6 Å². The van der Waals surface area contributed by atoms with Crippen molar-refractivity contribution in [2.24, 2.45) is 5.92 Å². The van der Waals surface area contributed by atoms with Crippen LogP contribution in [0.4, 0.5) is 0 Å². The molecule has 0 spiro atoms. The lowest BCUT2D eigenvalue weighted by Gasteiger charge is -2.21. The van der Waals surface area contributed by atoms with E-state index in [1.165, 1.54) is 31.5 Å². The van der Waals surface area contributed by atoms with Gasteiger partial charge in [0.15, 0.2) is 5.78 Å². The molecule has 23 heavy (non-hydrogen) atoms. The number of likely N-dealkylation sites (tertiary alicyclic amines) is 1. The number of ether oxygens (including phenoxy) is 1. The lowest BCUT2D eigenvalue weighted by atomic mass is 9.90. The van der Waals surface area contributed by atoms with Crippen LogP contribution in [0.5, 0.6) is 0 Å². The summed E-state index contributed by atoms with van der Waals surface area (Å²) in [7, 11) is 0. The van der Waals surface area contributed by atoms with Gasteiger partial charge in [-0.3, -0.25) is 4.79 Å². The second-order valence-corrected chi connectivity index (χ2v) is 7.13. The molecule has 126 valence electrons. The molecule has 0 bridgehead atoms. The molecule has 0 aromatic heterocycles. The molecule has 0 radical (unpaired) electrons. The molecule has 3 rings (SSSR count). The van der Waals surface area contributed by atoms with Gasteiger partial charge in [-0.05, 0) is 75.2 Å². The molecule has 2 heterocycles. The standard InChI is InChI=1S/C20H29NO2/c1-16-4-5-17(6-11-21-9-2-3-10-21)14-19(16)20(22)15-18-7-12-23-13-8-18/h4-5,14,18H,2-3,6-13,15H2,1H3. The maximum absolute atomic E-state index is 12.7. The fraction of sp³-hybridized carbons (Fsp3) is 0.650. The van der Waals surface area contributed by atoms with Crippen LogP contribution in [-0.2, 0) is 11.2 Å². The van der Waals surface area contributed by atoms with E-state index >= 15 is 0 Å². The first-order chi connectivity index (χ1) is 11.2. The first-order valence-electron chi connectivity index (χ1n) is 9.15. The highest BCUT2D eigenvalue weighted by Gasteiger charge is 2.20. The number of benzene rings is 1. The van der Waals surface area contributed by atoms with Crippen LogP contribution in [0.2, 0.25) is 0 Å². The zero-order valence-corrected chi connectivity index (χ0v) is 14.4. The average Bonchev–Trinajstić information content (AvgIpc) is 3.08. The van der Waals surface area contributed by atoms with Crippen LogP contribution in [0.15, 0.2) is 18.2 Å². The smallest absolute Gasteiger partial charge is 0.163 e. The Balaban J connectivity index is 1.60. The second-order valence-electron chi connectivity index (χ2n) is 7.13. The third-order valence-electron chi connectivity index (χ3n) is 5.33. The largest absolute Gasteiger partial charge is 0.381 e. The fourth-order valence-corrected chi connectivity index (χ4v) is 3.74. The van der Waals surface area contributed by atoms with E-state index in [0.717, 1.165) is 50.1 Å². The summed E-state index contributed by atoms with van der Waals surface area (Å²) in [5.74, 6) is 0.821. The van der Waals surface area contributed by atoms with Crippen LogP contribution in [0.25, 0.3) is 0 Å². The summed E-state index contributed by atoms with van der Waals surface area (Å²) in [6, 6.07) is 6.46. The first kappa shape index (κ1) is 16.7. The number of ketones is 1. The van der Waals surface area contributed by atoms with Crippen molar-refractivity contribution in [1.29, 1.82) is 0 Å². The Bertz CT molecular complexity index is 528. The summed E-state index contributed by atoms with van der Waals surface area (Å²) in [6.07, 6.45) is 6.46. The molecule has 0 amide bonds. The minimum absolute atomic E-state index is 0.317. The van der Waals surface area contributed by atoms with Crippen LogP contribution in [-0.4, -0.2) is 43.5 Å². The van der Waals surface area contributed by atoms with E-state index in [0.29, 0.717) is 18.1 Å². The van der Waals surface area contributed by atoms with Gasteiger partial charge in [0.25, 0.3) is 0 Å². The van der Waals surface area contributed by atoms with Crippen molar-refractivity contribution >= 4 is 5.78 Å². The number of rotatable bonds is 6. The van der Waals surface area contributed by atoms with E-state index in [-0.39, 0.29) is 0 Å². The Labute approximate surface area is 140 Å². The molecule has 1 aromatic rings. The number of aryl methyl sites for hydroxylation is 1. The summed E-state index contributed by atoms with van der Waals surface area (Å²) in [4.78, 5) is 15.2. The molecule has 2 aliphatic heterocycles. The average molecular weight is 315 g/mol. The number of Topliss-reactive ketones (excluding diaryl/α,β-unsaturated/α-hetero) is 1. The SMILES string of the molecule is Cc1ccc(CCN2CCCC2)cc1C(=O)CC1CCOCC1. The number of nitrogens with zero attached hydrogens (tertiary/aromatic N) is 1. The van der Waals surface area contributed by atoms with Gasteiger partial charge in [0, 0.05) is 31.7 Å². The summed E-state index contributed by atoms with van der Waals surface area (Å²) in [6.45, 7) is 7.28. The molecular weight excluding hydrogens is 286 g/mol. The Morgan fingerprint density at radius 3 is 2.70 bits per heavy atom. The predicted octanol–water partition coefficient (Wildman–Crippen LogP) is 3.63. The molecule has 2 fully saturated rings. The summed E-state index contributed by atoms with van der Waals surface area (Å²) in [5, 5.41) is 0. The number of hydrogen-bond acceptors (Lipinski definition) is 3. The molecule has 0 atom stereocenters. The van der Waals surface area contributed by atoms with Crippen molar-refractivity contribution in [2.45, 2.75) is 45.4 Å². The van der Waals surface area contributed by atoms with Crippen molar-refractivity contribution in [3.05, 3.63) is 34.9 Å². The first-order valence-corrected chi connectivity index (χ1v) is 9.15. The van der Waals surface area contributed by atoms with Gasteiger partial charge in [-0.2, -0.15) is 0 Å². The fourth-order valence-electron chi connectivity index (χ4n) is 3.74. The lowest BCUT2D eigenvalue weighted by Crippen LogP contribution is -2.22. The molecule has 0 aliphatic carbocycles. The molecule has 0 N–H and O–H groups in total. The topological polar surface area (TPSA) is 29.5 Å². The molecule has 3 nitrogen and oxygen atoms in total. The van der Waals surface area contributed by atoms with Crippen molar-refractivity contribution in [3.8, 4) is 0 Å². The molecule has 0 saturated carbocycles. The molecule has 2 aliphatic rings. The molecule has 3 heteroatoms. The van der Waals surface area contributed by atoms with Gasteiger partial charge >= 0.3 is 0 Å². The van der Waals surface area contributed by atoms with Gasteiger partial charge in [0.05, 0.1) is 0 Å². The molecule has 2 saturated heterocycles. The van der Waals surface area contributed by atoms with E-state index in [9.17, 15) is 4.79 Å². The molecule has 0 unspecified atom stereocenters. The third kappa shape index (κ3) is 4.65. The second kappa shape index (κ2) is 8.07. The molecule has 1 aromatic carbocycles. The highest BCUT2D eigenvalue weighted by Crippen LogP contribution is 2.23. The van der Waals surface area contributed by atoms with Crippen LogP contribution < -0.4 is 0 Å². The van der Waals surface area contributed by atoms with Crippen molar-refractivity contribution in [3.63, 3.8) is 0 Å². The van der Waals surface area contributed by atoms with E-state index in [4.69, 9.17) is 4.74 Å². The predicted molar refractivity (Wildman–Crippen MR) is 93.0 cm³/mol. The van der Waals surface area contributed by atoms with Gasteiger partial charge in [-0.1, -0.05) is 12.1 Å². The highest BCUT2D eigenvalue weighted by molar-refractivity contribution is 5.97. The minimum Gasteiger partial charge on any atom is -0.381 e. The van der Waals surface area contributed by atoms with E-state index in [1.54, 1.807) is 0 Å².